The van der Waals surface area contributed by atoms with Gasteiger partial charge in [-0.25, -0.2) is 9.59 Å². The summed E-state index contributed by atoms with van der Waals surface area (Å²) in [6, 6.07) is 0. The number of unbranched alkanes of at least 4 members (excludes halogenated alkanes) is 6. The quantitative estimate of drug-likeness (QED) is 0.234. The van der Waals surface area contributed by atoms with Crippen molar-refractivity contribution in [2.24, 2.45) is 0 Å². The van der Waals surface area contributed by atoms with Crippen molar-refractivity contribution in [3.8, 4) is 0 Å². The van der Waals surface area contributed by atoms with Gasteiger partial charge in [0.1, 0.15) is 0 Å². The highest BCUT2D eigenvalue weighted by Crippen LogP contribution is 2.04. The molecule has 0 N–H and O–H groups in total. The van der Waals surface area contributed by atoms with Crippen molar-refractivity contribution in [2.45, 2.75) is 65.2 Å². The van der Waals surface area contributed by atoms with Crippen LogP contribution in [0.5, 0.6) is 0 Å². The lowest BCUT2D eigenvalue weighted by Gasteiger charge is -2.06. The molecule has 0 aliphatic carbocycles. The van der Waals surface area contributed by atoms with Gasteiger partial charge in [-0.2, -0.15) is 0 Å². The molecule has 25 heavy (non-hydrogen) atoms. The van der Waals surface area contributed by atoms with Gasteiger partial charge < -0.3 is 14.2 Å². The summed E-state index contributed by atoms with van der Waals surface area (Å²) in [5.74, 6) is -0.616. The van der Waals surface area contributed by atoms with Crippen LogP contribution in [0.25, 0.3) is 0 Å². The Hall–Kier alpha value is -1.62. The highest BCUT2D eigenvalue weighted by atomic mass is 16.5. The molecule has 0 fully saturated rings. The molecule has 0 unspecified atom stereocenters. The maximum absolute atomic E-state index is 11.2. The number of ether oxygens (including phenoxy) is 3. The molecule has 0 radical (unpaired) electrons. The monoisotopic (exact) mass is 354 g/mol. The van der Waals surface area contributed by atoms with Crippen LogP contribution in [0, 0.1) is 0 Å². The average molecular weight is 354 g/mol. The van der Waals surface area contributed by atoms with Crippen molar-refractivity contribution in [1.29, 1.82) is 0 Å². The van der Waals surface area contributed by atoms with Crippen molar-refractivity contribution in [3.05, 3.63) is 24.3 Å². The zero-order valence-corrected chi connectivity index (χ0v) is 15.9. The number of hydrogen-bond donors (Lipinski definition) is 0. The van der Waals surface area contributed by atoms with Gasteiger partial charge in [0.25, 0.3) is 0 Å². The first-order chi connectivity index (χ1) is 11.9. The predicted octanol–water partition coefficient (Wildman–Crippen LogP) is 4.36. The summed E-state index contributed by atoms with van der Waals surface area (Å²) in [6.07, 6.45) is 8.07. The topological polar surface area (TPSA) is 61.8 Å². The molecule has 0 aromatic heterocycles. The lowest BCUT2D eigenvalue weighted by molar-refractivity contribution is -0.139. The van der Waals surface area contributed by atoms with E-state index in [1.54, 1.807) is 13.8 Å². The Balaban J connectivity index is 3.17. The number of esters is 2. The van der Waals surface area contributed by atoms with E-state index in [1.807, 2.05) is 0 Å². The Morgan fingerprint density at radius 1 is 0.600 bits per heavy atom. The van der Waals surface area contributed by atoms with Gasteiger partial charge in [-0.3, -0.25) is 0 Å². The van der Waals surface area contributed by atoms with Gasteiger partial charge in [-0.05, 0) is 52.4 Å². The second-order valence-corrected chi connectivity index (χ2v) is 6.27. The maximum Gasteiger partial charge on any atom is 0.333 e. The number of hydrogen-bond acceptors (Lipinski definition) is 5. The summed E-state index contributed by atoms with van der Waals surface area (Å²) < 4.78 is 15.6. The van der Waals surface area contributed by atoms with E-state index >= 15 is 0 Å². The third kappa shape index (κ3) is 15.6. The molecule has 0 aliphatic heterocycles. The van der Waals surface area contributed by atoms with E-state index in [0.717, 1.165) is 64.6 Å². The molecule has 0 saturated carbocycles. The Labute approximate surface area is 152 Å². The van der Waals surface area contributed by atoms with E-state index in [0.29, 0.717) is 24.4 Å². The summed E-state index contributed by atoms with van der Waals surface area (Å²) in [4.78, 5) is 22.3. The predicted molar refractivity (Wildman–Crippen MR) is 99.3 cm³/mol. The molecule has 0 spiro atoms. The molecule has 0 atom stereocenters. The Bertz CT molecular complexity index is 376. The van der Waals surface area contributed by atoms with Crippen LogP contribution in [0.15, 0.2) is 24.3 Å². The average Bonchev–Trinajstić information content (AvgIpc) is 2.57. The van der Waals surface area contributed by atoms with Crippen LogP contribution < -0.4 is 0 Å². The van der Waals surface area contributed by atoms with E-state index in [-0.39, 0.29) is 11.9 Å². The molecule has 0 bridgehead atoms. The third-order valence-corrected chi connectivity index (χ3v) is 3.53. The number of carbonyl (C=O) groups excluding carboxylic acids is 2. The summed E-state index contributed by atoms with van der Waals surface area (Å²) in [5.41, 5.74) is 0.891. The van der Waals surface area contributed by atoms with Crippen molar-refractivity contribution >= 4 is 11.9 Å². The van der Waals surface area contributed by atoms with Gasteiger partial charge >= 0.3 is 11.9 Å². The highest BCUT2D eigenvalue weighted by Gasteiger charge is 2.02. The summed E-state index contributed by atoms with van der Waals surface area (Å²) in [5, 5.41) is 0. The van der Waals surface area contributed by atoms with E-state index in [9.17, 15) is 9.59 Å². The minimum atomic E-state index is -0.308. The lowest BCUT2D eigenvalue weighted by Crippen LogP contribution is -2.06. The van der Waals surface area contributed by atoms with Crippen LogP contribution in [0.3, 0.4) is 0 Å². The Morgan fingerprint density at radius 2 is 0.920 bits per heavy atom. The first-order valence-electron chi connectivity index (χ1n) is 9.18. The first-order valence-corrected chi connectivity index (χ1v) is 9.18. The van der Waals surface area contributed by atoms with Gasteiger partial charge in [0, 0.05) is 24.4 Å². The Kier molecular flexibility index (Phi) is 14.9. The minimum absolute atomic E-state index is 0.308. The molecule has 0 amide bonds. The van der Waals surface area contributed by atoms with Crippen LogP contribution in [-0.4, -0.2) is 38.4 Å². The molecular weight excluding hydrogens is 320 g/mol. The second-order valence-electron chi connectivity index (χ2n) is 6.27. The maximum atomic E-state index is 11.2. The van der Waals surface area contributed by atoms with Crippen LogP contribution in [-0.2, 0) is 23.8 Å². The SMILES string of the molecule is C=C(C)C(=O)OCCCCCCOCCCCCCOC(=O)C(=C)C. The molecule has 0 aromatic rings. The van der Waals surface area contributed by atoms with Crippen LogP contribution in [0.2, 0.25) is 0 Å². The van der Waals surface area contributed by atoms with Gasteiger partial charge in [-0.15, -0.1) is 0 Å². The molecular formula is C20H34O5. The van der Waals surface area contributed by atoms with Crippen LogP contribution in [0.4, 0.5) is 0 Å². The highest BCUT2D eigenvalue weighted by molar-refractivity contribution is 5.87. The van der Waals surface area contributed by atoms with Gasteiger partial charge in [0.05, 0.1) is 13.2 Å². The zero-order chi connectivity index (χ0) is 18.9. The van der Waals surface area contributed by atoms with E-state index in [4.69, 9.17) is 14.2 Å². The lowest BCUT2D eigenvalue weighted by atomic mass is 10.2. The summed E-state index contributed by atoms with van der Waals surface area (Å²) >= 11 is 0. The largest absolute Gasteiger partial charge is 0.462 e. The molecule has 0 saturated heterocycles. The van der Waals surface area contributed by atoms with E-state index < -0.39 is 0 Å². The molecule has 144 valence electrons. The Morgan fingerprint density at radius 3 is 1.24 bits per heavy atom. The molecule has 5 nitrogen and oxygen atoms in total. The smallest absolute Gasteiger partial charge is 0.333 e. The van der Waals surface area contributed by atoms with Crippen molar-refractivity contribution < 1.29 is 23.8 Å². The molecule has 0 aromatic carbocycles. The fourth-order valence-corrected chi connectivity index (χ4v) is 2.00. The molecule has 0 rings (SSSR count). The minimum Gasteiger partial charge on any atom is -0.462 e. The van der Waals surface area contributed by atoms with Crippen LogP contribution in [0.1, 0.15) is 65.2 Å². The van der Waals surface area contributed by atoms with Gasteiger partial charge in [0.15, 0.2) is 0 Å². The standard InChI is InChI=1S/C20H34O5/c1-17(2)19(21)24-15-11-7-5-9-13-23-14-10-6-8-12-16-25-20(22)18(3)4/h1,3,5-16H2,2,4H3. The van der Waals surface area contributed by atoms with Crippen molar-refractivity contribution in [1.82, 2.24) is 0 Å². The molecule has 0 aliphatic rings. The van der Waals surface area contributed by atoms with E-state index in [1.165, 1.54) is 0 Å². The second kappa shape index (κ2) is 15.9. The van der Waals surface area contributed by atoms with Gasteiger partial charge in [0.2, 0.25) is 0 Å². The number of rotatable bonds is 16. The third-order valence-electron chi connectivity index (χ3n) is 3.53. The number of carbonyl (C=O) groups is 2. The fraction of sp³-hybridized carbons (Fsp3) is 0.700. The van der Waals surface area contributed by atoms with E-state index in [2.05, 4.69) is 13.2 Å². The first kappa shape index (κ1) is 23.4. The summed E-state index contributed by atoms with van der Waals surface area (Å²) in [6.45, 7) is 12.9. The zero-order valence-electron chi connectivity index (χ0n) is 15.9. The van der Waals surface area contributed by atoms with Crippen molar-refractivity contribution in [2.75, 3.05) is 26.4 Å². The fourth-order valence-electron chi connectivity index (χ4n) is 2.00. The van der Waals surface area contributed by atoms with Crippen LogP contribution >= 0.6 is 0 Å². The normalized spacial score (nSPS) is 10.3. The van der Waals surface area contributed by atoms with Crippen molar-refractivity contribution in [3.63, 3.8) is 0 Å². The van der Waals surface area contributed by atoms with Gasteiger partial charge in [-0.1, -0.05) is 26.0 Å². The summed E-state index contributed by atoms with van der Waals surface area (Å²) in [7, 11) is 0. The molecule has 5 heteroatoms. The molecule has 0 heterocycles.